The molecule has 0 amide bonds. The molecule has 7 heteroatoms. The van der Waals surface area contributed by atoms with Gasteiger partial charge in [0.2, 0.25) is 0 Å². The number of rotatable bonds is 3. The Hall–Kier alpha value is 0.110. The topological polar surface area (TPSA) is 99.4 Å². The van der Waals surface area contributed by atoms with E-state index >= 15 is 0 Å². The van der Waals surface area contributed by atoms with E-state index in [1.54, 1.807) is 0 Å². The predicted octanol–water partition coefficient (Wildman–Crippen LogP) is -2.31. The minimum absolute atomic E-state index is 0.00267. The molecule has 4 N–H and O–H groups in total. The summed E-state index contributed by atoms with van der Waals surface area (Å²) >= 11 is 3.76. The zero-order chi connectivity index (χ0) is 10.7. The lowest BCUT2D eigenvalue weighted by atomic mass is 9.99. The molecule has 1 aliphatic heterocycles. The summed E-state index contributed by atoms with van der Waals surface area (Å²) in [4.78, 5) is 0. The lowest BCUT2D eigenvalue weighted by Crippen LogP contribution is -2.59. The Kier molecular flexibility index (Phi) is 4.58. The van der Waals surface area contributed by atoms with Crippen LogP contribution in [0.3, 0.4) is 0 Å². The molecular formula is C7H14O6S. The highest BCUT2D eigenvalue weighted by molar-refractivity contribution is 7.80. The maximum Gasteiger partial charge on any atom is 0.187 e. The van der Waals surface area contributed by atoms with Crippen molar-refractivity contribution in [3.63, 3.8) is 0 Å². The van der Waals surface area contributed by atoms with Crippen molar-refractivity contribution in [2.75, 3.05) is 12.5 Å². The number of aliphatic hydroxyl groups excluding tert-OH is 4. The Morgan fingerprint density at radius 3 is 2.29 bits per heavy atom. The smallest absolute Gasteiger partial charge is 0.187 e. The fourth-order valence-corrected chi connectivity index (χ4v) is 1.43. The van der Waals surface area contributed by atoms with Crippen LogP contribution in [0.5, 0.6) is 0 Å². The van der Waals surface area contributed by atoms with Crippen LogP contribution in [-0.2, 0) is 9.47 Å². The van der Waals surface area contributed by atoms with Gasteiger partial charge in [-0.3, -0.25) is 0 Å². The van der Waals surface area contributed by atoms with E-state index in [0.29, 0.717) is 0 Å². The van der Waals surface area contributed by atoms with Crippen molar-refractivity contribution >= 4 is 12.6 Å². The normalized spacial score (nSPS) is 43.9. The van der Waals surface area contributed by atoms with Crippen molar-refractivity contribution in [1.29, 1.82) is 0 Å². The summed E-state index contributed by atoms with van der Waals surface area (Å²) in [6.45, 7) is -0.461. The first kappa shape index (κ1) is 12.2. The summed E-state index contributed by atoms with van der Waals surface area (Å²) < 4.78 is 9.85. The van der Waals surface area contributed by atoms with E-state index in [0.717, 1.165) is 0 Å². The highest BCUT2D eigenvalue weighted by atomic mass is 32.1. The van der Waals surface area contributed by atoms with E-state index in [1.807, 2.05) is 0 Å². The summed E-state index contributed by atoms with van der Waals surface area (Å²) in [6, 6.07) is 0. The van der Waals surface area contributed by atoms with E-state index in [-0.39, 0.29) is 5.94 Å². The molecule has 0 aromatic carbocycles. The monoisotopic (exact) mass is 226 g/mol. The molecule has 1 rings (SSSR count). The molecule has 1 saturated heterocycles. The summed E-state index contributed by atoms with van der Waals surface area (Å²) in [5.74, 6) is 0.00267. The maximum absolute atomic E-state index is 9.38. The maximum atomic E-state index is 9.38. The Morgan fingerprint density at radius 2 is 1.79 bits per heavy atom. The van der Waals surface area contributed by atoms with Crippen LogP contribution in [0.15, 0.2) is 0 Å². The molecule has 1 aliphatic rings. The van der Waals surface area contributed by atoms with Crippen LogP contribution in [0.1, 0.15) is 0 Å². The lowest BCUT2D eigenvalue weighted by Gasteiger charge is -2.39. The van der Waals surface area contributed by atoms with Gasteiger partial charge in [-0.05, 0) is 0 Å². The molecular weight excluding hydrogens is 212 g/mol. The first-order valence-electron chi connectivity index (χ1n) is 4.14. The van der Waals surface area contributed by atoms with E-state index in [2.05, 4.69) is 12.6 Å². The predicted molar refractivity (Wildman–Crippen MR) is 48.7 cm³/mol. The molecule has 0 aromatic rings. The van der Waals surface area contributed by atoms with Crippen LogP contribution in [0.25, 0.3) is 0 Å². The first-order chi connectivity index (χ1) is 6.61. The van der Waals surface area contributed by atoms with Crippen molar-refractivity contribution < 1.29 is 29.9 Å². The van der Waals surface area contributed by atoms with E-state index in [1.165, 1.54) is 0 Å². The average molecular weight is 226 g/mol. The highest BCUT2D eigenvalue weighted by Gasteiger charge is 2.43. The van der Waals surface area contributed by atoms with Crippen LogP contribution in [0.2, 0.25) is 0 Å². The number of hydrogen-bond donors (Lipinski definition) is 5. The van der Waals surface area contributed by atoms with E-state index in [9.17, 15) is 15.3 Å². The summed E-state index contributed by atoms with van der Waals surface area (Å²) in [7, 11) is 0. The molecule has 0 saturated carbocycles. The largest absolute Gasteiger partial charge is 0.394 e. The number of thiol groups is 1. The standard InChI is InChI=1S/C7H14O6S/c8-1-3-4(9)5(10)6(11)7(13-3)12-2-14/h3-11,14H,1-2H2/t3-,4+,5+,6-,7+/m1/s1. The van der Waals surface area contributed by atoms with E-state index < -0.39 is 37.3 Å². The first-order valence-corrected chi connectivity index (χ1v) is 4.78. The SMILES string of the molecule is OC[C@H]1O[C@H](OCS)[C@H](O)[C@@H](O)[C@H]1O. The number of ether oxygens (including phenoxy) is 2. The molecule has 14 heavy (non-hydrogen) atoms. The third-order valence-corrected chi connectivity index (χ3v) is 2.24. The Labute approximate surface area is 86.5 Å². The van der Waals surface area contributed by atoms with Gasteiger partial charge < -0.3 is 29.9 Å². The van der Waals surface area contributed by atoms with Crippen molar-refractivity contribution in [2.45, 2.75) is 30.7 Å². The van der Waals surface area contributed by atoms with Gasteiger partial charge in [-0.15, -0.1) is 0 Å². The second kappa shape index (κ2) is 5.26. The molecule has 0 spiro atoms. The minimum atomic E-state index is -1.40. The third kappa shape index (κ3) is 2.37. The van der Waals surface area contributed by atoms with Gasteiger partial charge in [0, 0.05) is 0 Å². The van der Waals surface area contributed by atoms with Crippen LogP contribution < -0.4 is 0 Å². The average Bonchev–Trinajstić information content (AvgIpc) is 2.19. The third-order valence-electron chi connectivity index (χ3n) is 2.09. The van der Waals surface area contributed by atoms with Gasteiger partial charge in [0.1, 0.15) is 24.4 Å². The summed E-state index contributed by atoms with van der Waals surface area (Å²) in [6.07, 6.45) is -6.11. The molecule has 0 unspecified atom stereocenters. The van der Waals surface area contributed by atoms with Crippen molar-refractivity contribution in [1.82, 2.24) is 0 Å². The molecule has 5 atom stereocenters. The summed E-state index contributed by atoms with van der Waals surface area (Å²) in [5.41, 5.74) is 0. The van der Waals surface area contributed by atoms with Gasteiger partial charge in [0.15, 0.2) is 6.29 Å². The van der Waals surface area contributed by atoms with Crippen molar-refractivity contribution in [2.24, 2.45) is 0 Å². The molecule has 1 fully saturated rings. The molecule has 0 bridgehead atoms. The van der Waals surface area contributed by atoms with Gasteiger partial charge in [-0.2, -0.15) is 12.6 Å². The lowest BCUT2D eigenvalue weighted by molar-refractivity contribution is -0.296. The molecule has 84 valence electrons. The fraction of sp³-hybridized carbons (Fsp3) is 1.00. The molecule has 0 radical (unpaired) electrons. The highest BCUT2D eigenvalue weighted by Crippen LogP contribution is 2.21. The van der Waals surface area contributed by atoms with Gasteiger partial charge in [0.05, 0.1) is 12.5 Å². The van der Waals surface area contributed by atoms with Gasteiger partial charge in [0.25, 0.3) is 0 Å². The van der Waals surface area contributed by atoms with Crippen LogP contribution in [-0.4, -0.2) is 63.7 Å². The molecule has 6 nitrogen and oxygen atoms in total. The zero-order valence-electron chi connectivity index (χ0n) is 7.35. The van der Waals surface area contributed by atoms with Gasteiger partial charge >= 0.3 is 0 Å². The molecule has 0 aromatic heterocycles. The Morgan fingerprint density at radius 1 is 1.14 bits per heavy atom. The van der Waals surface area contributed by atoms with Crippen molar-refractivity contribution in [3.05, 3.63) is 0 Å². The van der Waals surface area contributed by atoms with Crippen molar-refractivity contribution in [3.8, 4) is 0 Å². The van der Waals surface area contributed by atoms with E-state index in [4.69, 9.17) is 14.6 Å². The quantitative estimate of drug-likeness (QED) is 0.274. The Balaban J connectivity index is 2.63. The zero-order valence-corrected chi connectivity index (χ0v) is 8.25. The number of aliphatic hydroxyl groups is 4. The Bertz CT molecular complexity index is 176. The molecule has 1 heterocycles. The van der Waals surface area contributed by atoms with Gasteiger partial charge in [-0.1, -0.05) is 0 Å². The van der Waals surface area contributed by atoms with Crippen LogP contribution in [0.4, 0.5) is 0 Å². The fourth-order valence-electron chi connectivity index (χ4n) is 1.28. The summed E-state index contributed by atoms with van der Waals surface area (Å²) in [5, 5.41) is 36.8. The van der Waals surface area contributed by atoms with Crippen LogP contribution >= 0.6 is 12.6 Å². The second-order valence-corrected chi connectivity index (χ2v) is 3.25. The molecule has 0 aliphatic carbocycles. The minimum Gasteiger partial charge on any atom is -0.394 e. The van der Waals surface area contributed by atoms with Crippen LogP contribution in [0, 0.1) is 0 Å². The van der Waals surface area contributed by atoms with Gasteiger partial charge in [-0.25, -0.2) is 0 Å². The number of hydrogen-bond acceptors (Lipinski definition) is 7. The second-order valence-electron chi connectivity index (χ2n) is 2.99.